The van der Waals surface area contributed by atoms with E-state index in [1.165, 1.54) is 0 Å². The lowest BCUT2D eigenvalue weighted by atomic mass is 10.2. The number of hydrogen-bond donors (Lipinski definition) is 1. The van der Waals surface area contributed by atoms with Crippen LogP contribution in [0.15, 0.2) is 24.3 Å². The van der Waals surface area contributed by atoms with Crippen molar-refractivity contribution >= 4 is 18.3 Å². The summed E-state index contributed by atoms with van der Waals surface area (Å²) in [6.07, 6.45) is 5.11. The maximum atomic E-state index is 12.2. The molecule has 0 aromatic heterocycles. The summed E-state index contributed by atoms with van der Waals surface area (Å²) in [6, 6.07) is 7.09. The predicted octanol–water partition coefficient (Wildman–Crippen LogP) is 1.17. The minimum Gasteiger partial charge on any atom is -0.481 e. The molecular weight excluding hydrogens is 264 g/mol. The van der Waals surface area contributed by atoms with E-state index in [0.29, 0.717) is 11.3 Å². The maximum Gasteiger partial charge on any atom is 0.253 e. The van der Waals surface area contributed by atoms with Gasteiger partial charge in [0.05, 0.1) is 0 Å². The standard InChI is InChI=1S/C14H16N2O2.ClH/c1-2-11-18-13-5-3-12(4-6-13)14(17)16-9-7-15-8-10-16;/h1,3-6,15H,7-11H2;1H. The molecule has 19 heavy (non-hydrogen) atoms. The zero-order chi connectivity index (χ0) is 12.8. The highest BCUT2D eigenvalue weighted by molar-refractivity contribution is 5.94. The lowest BCUT2D eigenvalue weighted by molar-refractivity contribution is 0.0736. The second-order valence-corrected chi connectivity index (χ2v) is 4.06. The molecule has 2 rings (SSSR count). The first-order valence-corrected chi connectivity index (χ1v) is 5.97. The molecule has 0 atom stereocenters. The smallest absolute Gasteiger partial charge is 0.253 e. The Kier molecular flexibility index (Phi) is 6.20. The third kappa shape index (κ3) is 4.16. The monoisotopic (exact) mass is 280 g/mol. The molecule has 1 aliphatic heterocycles. The van der Waals surface area contributed by atoms with Crippen LogP contribution in [0.5, 0.6) is 5.75 Å². The molecule has 1 aromatic carbocycles. The van der Waals surface area contributed by atoms with Gasteiger partial charge in [0.2, 0.25) is 0 Å². The number of carbonyl (C=O) groups excluding carboxylic acids is 1. The van der Waals surface area contributed by atoms with Crippen molar-refractivity contribution in [1.82, 2.24) is 10.2 Å². The van der Waals surface area contributed by atoms with Crippen LogP contribution in [0.25, 0.3) is 0 Å². The molecule has 1 aliphatic rings. The number of ether oxygens (including phenoxy) is 1. The molecular formula is C14H17ClN2O2. The molecule has 1 aromatic rings. The van der Waals surface area contributed by atoms with E-state index in [1.807, 2.05) is 4.90 Å². The van der Waals surface area contributed by atoms with Crippen molar-refractivity contribution < 1.29 is 9.53 Å². The van der Waals surface area contributed by atoms with Crippen molar-refractivity contribution in [3.63, 3.8) is 0 Å². The molecule has 0 spiro atoms. The van der Waals surface area contributed by atoms with Gasteiger partial charge in [-0.05, 0) is 24.3 Å². The molecule has 0 unspecified atom stereocenters. The predicted molar refractivity (Wildman–Crippen MR) is 76.8 cm³/mol. The second-order valence-electron chi connectivity index (χ2n) is 4.06. The third-order valence-electron chi connectivity index (χ3n) is 2.83. The van der Waals surface area contributed by atoms with Crippen LogP contribution in [0.4, 0.5) is 0 Å². The molecule has 0 aliphatic carbocycles. The van der Waals surface area contributed by atoms with E-state index in [9.17, 15) is 4.79 Å². The van der Waals surface area contributed by atoms with E-state index < -0.39 is 0 Å². The zero-order valence-electron chi connectivity index (χ0n) is 10.6. The molecule has 102 valence electrons. The van der Waals surface area contributed by atoms with Crippen LogP contribution in [0.2, 0.25) is 0 Å². The summed E-state index contributed by atoms with van der Waals surface area (Å²) >= 11 is 0. The van der Waals surface area contributed by atoms with Gasteiger partial charge in [-0.3, -0.25) is 4.79 Å². The van der Waals surface area contributed by atoms with Crippen LogP contribution in [0.3, 0.4) is 0 Å². The number of rotatable bonds is 3. The molecule has 1 N–H and O–H groups in total. The van der Waals surface area contributed by atoms with Gasteiger partial charge in [0.15, 0.2) is 0 Å². The molecule has 0 saturated carbocycles. The Hall–Kier alpha value is -1.70. The third-order valence-corrected chi connectivity index (χ3v) is 2.83. The number of benzene rings is 1. The first kappa shape index (κ1) is 15.4. The Balaban J connectivity index is 0.00000180. The van der Waals surface area contributed by atoms with Crippen molar-refractivity contribution in [2.75, 3.05) is 32.8 Å². The Morgan fingerprint density at radius 1 is 1.32 bits per heavy atom. The van der Waals surface area contributed by atoms with E-state index in [4.69, 9.17) is 11.2 Å². The van der Waals surface area contributed by atoms with Crippen molar-refractivity contribution in [3.05, 3.63) is 29.8 Å². The largest absolute Gasteiger partial charge is 0.481 e. The number of amides is 1. The van der Waals surface area contributed by atoms with Gasteiger partial charge in [-0.25, -0.2) is 0 Å². The van der Waals surface area contributed by atoms with Crippen LogP contribution in [-0.4, -0.2) is 43.6 Å². The first-order valence-electron chi connectivity index (χ1n) is 5.97. The van der Waals surface area contributed by atoms with E-state index in [0.717, 1.165) is 26.2 Å². The van der Waals surface area contributed by atoms with Gasteiger partial charge in [-0.15, -0.1) is 18.8 Å². The zero-order valence-corrected chi connectivity index (χ0v) is 11.4. The van der Waals surface area contributed by atoms with E-state index in [-0.39, 0.29) is 24.9 Å². The summed E-state index contributed by atoms with van der Waals surface area (Å²) in [5.41, 5.74) is 0.685. The van der Waals surface area contributed by atoms with Crippen LogP contribution < -0.4 is 10.1 Å². The number of nitrogens with one attached hydrogen (secondary N) is 1. The number of halogens is 1. The van der Waals surface area contributed by atoms with Crippen LogP contribution in [-0.2, 0) is 0 Å². The summed E-state index contributed by atoms with van der Waals surface area (Å²) in [6.45, 7) is 3.47. The fraction of sp³-hybridized carbons (Fsp3) is 0.357. The van der Waals surface area contributed by atoms with Gasteiger partial charge >= 0.3 is 0 Å². The number of piperazine rings is 1. The maximum absolute atomic E-state index is 12.2. The summed E-state index contributed by atoms with van der Waals surface area (Å²) in [7, 11) is 0. The van der Waals surface area contributed by atoms with Gasteiger partial charge in [-0.1, -0.05) is 5.92 Å². The summed E-state index contributed by atoms with van der Waals surface area (Å²) < 4.78 is 5.26. The van der Waals surface area contributed by atoms with E-state index >= 15 is 0 Å². The quantitative estimate of drug-likeness (QED) is 0.845. The van der Waals surface area contributed by atoms with E-state index in [1.54, 1.807) is 24.3 Å². The average molecular weight is 281 g/mol. The molecule has 1 amide bonds. The van der Waals surface area contributed by atoms with Crippen molar-refractivity contribution in [1.29, 1.82) is 0 Å². The highest BCUT2D eigenvalue weighted by atomic mass is 35.5. The lowest BCUT2D eigenvalue weighted by Crippen LogP contribution is -2.46. The molecule has 5 heteroatoms. The highest BCUT2D eigenvalue weighted by Gasteiger charge is 2.17. The fourth-order valence-corrected chi connectivity index (χ4v) is 1.87. The Morgan fingerprint density at radius 2 is 1.95 bits per heavy atom. The summed E-state index contributed by atoms with van der Waals surface area (Å²) in [4.78, 5) is 14.0. The van der Waals surface area contributed by atoms with Crippen LogP contribution in [0, 0.1) is 12.3 Å². The van der Waals surface area contributed by atoms with Crippen molar-refractivity contribution in [2.45, 2.75) is 0 Å². The Labute approximate surface area is 119 Å². The van der Waals surface area contributed by atoms with Gasteiger partial charge in [0.1, 0.15) is 12.4 Å². The van der Waals surface area contributed by atoms with Crippen molar-refractivity contribution in [2.24, 2.45) is 0 Å². The Morgan fingerprint density at radius 3 is 2.53 bits per heavy atom. The van der Waals surface area contributed by atoms with Gasteiger partial charge in [0.25, 0.3) is 5.91 Å². The van der Waals surface area contributed by atoms with Gasteiger partial charge in [0, 0.05) is 31.7 Å². The first-order chi connectivity index (χ1) is 8.81. The Bertz CT molecular complexity index is 448. The van der Waals surface area contributed by atoms with Gasteiger partial charge < -0.3 is 15.0 Å². The number of nitrogens with zero attached hydrogens (tertiary/aromatic N) is 1. The van der Waals surface area contributed by atoms with Crippen molar-refractivity contribution in [3.8, 4) is 18.1 Å². The molecule has 4 nitrogen and oxygen atoms in total. The highest BCUT2D eigenvalue weighted by Crippen LogP contribution is 2.13. The fourth-order valence-electron chi connectivity index (χ4n) is 1.87. The SMILES string of the molecule is C#CCOc1ccc(C(=O)N2CCNCC2)cc1.Cl. The summed E-state index contributed by atoms with van der Waals surface area (Å²) in [5, 5.41) is 3.22. The average Bonchev–Trinajstić information content (AvgIpc) is 2.46. The number of terminal acetylenes is 1. The summed E-state index contributed by atoms with van der Waals surface area (Å²) in [5.74, 6) is 3.16. The minimum absolute atomic E-state index is 0. The second kappa shape index (κ2) is 7.67. The topological polar surface area (TPSA) is 41.6 Å². The minimum atomic E-state index is 0. The molecule has 1 fully saturated rings. The van der Waals surface area contributed by atoms with Crippen LogP contribution >= 0.6 is 12.4 Å². The number of carbonyl (C=O) groups is 1. The number of hydrogen-bond acceptors (Lipinski definition) is 3. The molecule has 0 radical (unpaired) electrons. The molecule has 1 heterocycles. The molecule has 1 saturated heterocycles. The normalized spacial score (nSPS) is 14.2. The molecule has 0 bridgehead atoms. The van der Waals surface area contributed by atoms with E-state index in [2.05, 4.69) is 11.2 Å². The van der Waals surface area contributed by atoms with Gasteiger partial charge in [-0.2, -0.15) is 0 Å². The lowest BCUT2D eigenvalue weighted by Gasteiger charge is -2.27. The van der Waals surface area contributed by atoms with Crippen LogP contribution in [0.1, 0.15) is 10.4 Å².